The molecule has 3 nitrogen and oxygen atoms in total. The van der Waals surface area contributed by atoms with E-state index in [1.54, 1.807) is 17.4 Å². The fraction of sp³-hybridized carbons (Fsp3) is 0.235. The van der Waals surface area contributed by atoms with Gasteiger partial charge in [-0.1, -0.05) is 6.08 Å². The van der Waals surface area contributed by atoms with Gasteiger partial charge in [-0.25, -0.2) is 0 Å². The van der Waals surface area contributed by atoms with Crippen LogP contribution in [-0.4, -0.2) is 12.5 Å². The number of hydrogen-bond acceptors (Lipinski definition) is 3. The molecule has 110 valence electrons. The molecule has 0 aliphatic rings. The largest absolute Gasteiger partial charge is 0.378 e. The molecular formula is C17H20N2OS. The van der Waals surface area contributed by atoms with Gasteiger partial charge in [0.15, 0.2) is 0 Å². The minimum absolute atomic E-state index is 0.0802. The van der Waals surface area contributed by atoms with Gasteiger partial charge in [0.25, 0.3) is 5.91 Å². The molecule has 1 unspecified atom stereocenters. The Morgan fingerprint density at radius 2 is 2.00 bits per heavy atom. The van der Waals surface area contributed by atoms with Gasteiger partial charge < -0.3 is 10.6 Å². The highest BCUT2D eigenvalue weighted by atomic mass is 32.1. The number of carbonyl (C=O) groups excluding carboxylic acids is 1. The van der Waals surface area contributed by atoms with Crippen molar-refractivity contribution in [1.82, 2.24) is 5.32 Å². The highest BCUT2D eigenvalue weighted by Gasteiger charge is 2.08. The van der Waals surface area contributed by atoms with Crippen LogP contribution in [0.5, 0.6) is 0 Å². The second-order valence-electron chi connectivity index (χ2n) is 4.89. The molecule has 2 rings (SSSR count). The van der Waals surface area contributed by atoms with E-state index in [1.165, 1.54) is 9.75 Å². The maximum absolute atomic E-state index is 11.8. The van der Waals surface area contributed by atoms with E-state index in [9.17, 15) is 4.79 Å². The van der Waals surface area contributed by atoms with Gasteiger partial charge in [-0.2, -0.15) is 0 Å². The molecule has 1 aromatic carbocycles. The van der Waals surface area contributed by atoms with Crippen molar-refractivity contribution >= 4 is 22.9 Å². The highest BCUT2D eigenvalue weighted by molar-refractivity contribution is 7.12. The van der Waals surface area contributed by atoms with E-state index in [0.717, 1.165) is 5.69 Å². The fourth-order valence-corrected chi connectivity index (χ4v) is 2.87. The summed E-state index contributed by atoms with van der Waals surface area (Å²) in [5.74, 6) is -0.0802. The maximum Gasteiger partial charge on any atom is 0.251 e. The molecular weight excluding hydrogens is 280 g/mol. The number of aryl methyl sites for hydroxylation is 1. The minimum atomic E-state index is -0.0802. The first-order valence-corrected chi connectivity index (χ1v) is 7.74. The van der Waals surface area contributed by atoms with Crippen LogP contribution >= 0.6 is 11.3 Å². The van der Waals surface area contributed by atoms with Gasteiger partial charge in [0.1, 0.15) is 0 Å². The van der Waals surface area contributed by atoms with E-state index < -0.39 is 0 Å². The lowest BCUT2D eigenvalue weighted by molar-refractivity contribution is 0.0958. The van der Waals surface area contributed by atoms with Gasteiger partial charge in [-0.15, -0.1) is 17.9 Å². The fourth-order valence-electron chi connectivity index (χ4n) is 1.99. The summed E-state index contributed by atoms with van der Waals surface area (Å²) in [5, 5.41) is 6.21. The average Bonchev–Trinajstić information content (AvgIpc) is 2.92. The van der Waals surface area contributed by atoms with Crippen LogP contribution in [0.25, 0.3) is 0 Å². The van der Waals surface area contributed by atoms with Crippen LogP contribution in [0.4, 0.5) is 5.69 Å². The zero-order chi connectivity index (χ0) is 15.2. The van der Waals surface area contributed by atoms with Crippen molar-refractivity contribution in [1.29, 1.82) is 0 Å². The highest BCUT2D eigenvalue weighted by Crippen LogP contribution is 2.25. The van der Waals surface area contributed by atoms with E-state index in [4.69, 9.17) is 0 Å². The Morgan fingerprint density at radius 3 is 2.57 bits per heavy atom. The number of benzene rings is 1. The molecule has 1 heterocycles. The average molecular weight is 300 g/mol. The van der Waals surface area contributed by atoms with Gasteiger partial charge in [-0.05, 0) is 50.2 Å². The van der Waals surface area contributed by atoms with E-state index in [0.29, 0.717) is 12.1 Å². The summed E-state index contributed by atoms with van der Waals surface area (Å²) in [5.41, 5.74) is 1.66. The van der Waals surface area contributed by atoms with Crippen molar-refractivity contribution in [3.05, 3.63) is 64.4 Å². The number of anilines is 1. The van der Waals surface area contributed by atoms with Crippen LogP contribution in [0, 0.1) is 6.92 Å². The summed E-state index contributed by atoms with van der Waals surface area (Å²) < 4.78 is 0. The summed E-state index contributed by atoms with van der Waals surface area (Å²) in [6.07, 6.45) is 1.67. The summed E-state index contributed by atoms with van der Waals surface area (Å²) in [4.78, 5) is 14.4. The number of rotatable bonds is 6. The van der Waals surface area contributed by atoms with E-state index in [-0.39, 0.29) is 11.9 Å². The summed E-state index contributed by atoms with van der Waals surface area (Å²) in [7, 11) is 0. The van der Waals surface area contributed by atoms with Crippen LogP contribution in [0.15, 0.2) is 49.1 Å². The van der Waals surface area contributed by atoms with Crippen LogP contribution in [0.1, 0.15) is 33.1 Å². The molecule has 2 aromatic rings. The standard InChI is InChI=1S/C17H20N2OS/c1-4-11-18-17(20)14-6-8-15(9-7-14)19-13(3)16-10-5-12(2)21-16/h4-10,13,19H,1,11H2,2-3H3,(H,18,20). The zero-order valence-electron chi connectivity index (χ0n) is 12.3. The van der Waals surface area contributed by atoms with Gasteiger partial charge in [-0.3, -0.25) is 4.79 Å². The van der Waals surface area contributed by atoms with Gasteiger partial charge >= 0.3 is 0 Å². The molecule has 2 N–H and O–H groups in total. The Balaban J connectivity index is 1.99. The van der Waals surface area contributed by atoms with Gasteiger partial charge in [0.05, 0.1) is 6.04 Å². The van der Waals surface area contributed by atoms with Crippen molar-refractivity contribution in [2.45, 2.75) is 19.9 Å². The molecule has 4 heteroatoms. The van der Waals surface area contributed by atoms with Crippen molar-refractivity contribution in [2.75, 3.05) is 11.9 Å². The molecule has 1 amide bonds. The lowest BCUT2D eigenvalue weighted by Crippen LogP contribution is -2.23. The minimum Gasteiger partial charge on any atom is -0.378 e. The lowest BCUT2D eigenvalue weighted by Gasteiger charge is -2.14. The zero-order valence-corrected chi connectivity index (χ0v) is 13.2. The van der Waals surface area contributed by atoms with Gasteiger partial charge in [0, 0.05) is 27.5 Å². The van der Waals surface area contributed by atoms with E-state index in [1.807, 2.05) is 24.3 Å². The molecule has 0 aliphatic heterocycles. The van der Waals surface area contributed by atoms with Crippen molar-refractivity contribution in [3.8, 4) is 0 Å². The molecule has 1 atom stereocenters. The Hall–Kier alpha value is -2.07. The summed E-state index contributed by atoms with van der Waals surface area (Å²) in [6.45, 7) is 8.30. The van der Waals surface area contributed by atoms with Crippen LogP contribution in [-0.2, 0) is 0 Å². The number of hydrogen-bond donors (Lipinski definition) is 2. The van der Waals surface area contributed by atoms with Crippen molar-refractivity contribution in [2.24, 2.45) is 0 Å². The number of nitrogens with one attached hydrogen (secondary N) is 2. The maximum atomic E-state index is 11.8. The number of amides is 1. The quantitative estimate of drug-likeness (QED) is 0.787. The monoisotopic (exact) mass is 300 g/mol. The van der Waals surface area contributed by atoms with E-state index in [2.05, 4.69) is 43.2 Å². The summed E-state index contributed by atoms with van der Waals surface area (Å²) in [6, 6.07) is 12.0. The summed E-state index contributed by atoms with van der Waals surface area (Å²) >= 11 is 1.80. The van der Waals surface area contributed by atoms with Crippen LogP contribution in [0.3, 0.4) is 0 Å². The molecule has 0 radical (unpaired) electrons. The first-order chi connectivity index (χ1) is 10.1. The molecule has 1 aromatic heterocycles. The molecule has 0 saturated heterocycles. The molecule has 21 heavy (non-hydrogen) atoms. The third-order valence-electron chi connectivity index (χ3n) is 3.13. The number of thiophene rings is 1. The SMILES string of the molecule is C=CCNC(=O)c1ccc(NC(C)c2ccc(C)s2)cc1. The molecule has 0 bridgehead atoms. The number of carbonyl (C=O) groups is 1. The van der Waals surface area contributed by atoms with Crippen molar-refractivity contribution in [3.63, 3.8) is 0 Å². The van der Waals surface area contributed by atoms with E-state index >= 15 is 0 Å². The van der Waals surface area contributed by atoms with Crippen molar-refractivity contribution < 1.29 is 4.79 Å². The Kier molecular flexibility index (Phi) is 5.17. The second kappa shape index (κ2) is 7.09. The van der Waals surface area contributed by atoms with Crippen LogP contribution in [0.2, 0.25) is 0 Å². The third kappa shape index (κ3) is 4.20. The topological polar surface area (TPSA) is 41.1 Å². The molecule has 0 saturated carbocycles. The Morgan fingerprint density at radius 1 is 1.29 bits per heavy atom. The smallest absolute Gasteiger partial charge is 0.251 e. The predicted octanol–water partition coefficient (Wildman–Crippen LogP) is 4.15. The predicted molar refractivity (Wildman–Crippen MR) is 90.1 cm³/mol. The first-order valence-electron chi connectivity index (χ1n) is 6.92. The molecule has 0 fully saturated rings. The normalized spacial score (nSPS) is 11.7. The molecule has 0 spiro atoms. The third-order valence-corrected chi connectivity index (χ3v) is 4.31. The Bertz CT molecular complexity index is 616. The molecule has 0 aliphatic carbocycles. The Labute approximate surface area is 129 Å². The van der Waals surface area contributed by atoms with Gasteiger partial charge in [0.2, 0.25) is 0 Å². The van der Waals surface area contributed by atoms with Crippen LogP contribution < -0.4 is 10.6 Å². The lowest BCUT2D eigenvalue weighted by atomic mass is 10.1. The second-order valence-corrected chi connectivity index (χ2v) is 6.21. The first kappa shape index (κ1) is 15.3.